The number of hydrogen-bond acceptors (Lipinski definition) is 3. The maximum atomic E-state index is 12.7. The Kier molecular flexibility index (Phi) is 3.93. The zero-order valence-electron chi connectivity index (χ0n) is 13.9. The van der Waals surface area contributed by atoms with Crippen LogP contribution in [0.3, 0.4) is 0 Å². The monoisotopic (exact) mass is 327 g/mol. The minimum atomic E-state index is -0.836. The summed E-state index contributed by atoms with van der Waals surface area (Å²) in [7, 11) is 0. The van der Waals surface area contributed by atoms with E-state index in [9.17, 15) is 9.50 Å². The van der Waals surface area contributed by atoms with Gasteiger partial charge >= 0.3 is 0 Å². The number of aromatic hydroxyl groups is 1. The molecule has 0 saturated heterocycles. The zero-order valence-corrected chi connectivity index (χ0v) is 13.9. The summed E-state index contributed by atoms with van der Waals surface area (Å²) >= 11 is 0. The third-order valence-corrected chi connectivity index (χ3v) is 5.22. The molecule has 0 fully saturated rings. The SMILES string of the molecule is CCCN1CCc2cc(OCF)cc3c2[C@H]1Cc1cccc(O)c1-3. The van der Waals surface area contributed by atoms with Crippen LogP contribution in [0.5, 0.6) is 11.5 Å². The van der Waals surface area contributed by atoms with Gasteiger partial charge in [0.05, 0.1) is 0 Å². The number of fused-ring (bicyclic) bond motifs is 2. The second kappa shape index (κ2) is 6.10. The van der Waals surface area contributed by atoms with Crippen molar-refractivity contribution in [1.29, 1.82) is 0 Å². The van der Waals surface area contributed by atoms with Gasteiger partial charge in [-0.25, -0.2) is 4.39 Å². The summed E-state index contributed by atoms with van der Waals surface area (Å²) < 4.78 is 17.8. The smallest absolute Gasteiger partial charge is 0.228 e. The first-order valence-corrected chi connectivity index (χ1v) is 8.63. The van der Waals surface area contributed by atoms with Crippen molar-refractivity contribution >= 4 is 0 Å². The molecule has 2 aromatic carbocycles. The largest absolute Gasteiger partial charge is 0.507 e. The summed E-state index contributed by atoms with van der Waals surface area (Å²) in [5.74, 6) is 0.836. The number of benzene rings is 2. The molecular formula is C20H22FNO2. The molecule has 1 aliphatic heterocycles. The molecule has 0 spiro atoms. The number of phenolic OH excluding ortho intramolecular Hbond substituents is 1. The maximum absolute atomic E-state index is 12.7. The number of hydrogen-bond donors (Lipinski definition) is 1. The number of nitrogens with zero attached hydrogens (tertiary/aromatic N) is 1. The van der Waals surface area contributed by atoms with Crippen molar-refractivity contribution in [2.45, 2.75) is 32.2 Å². The van der Waals surface area contributed by atoms with Crippen molar-refractivity contribution < 1.29 is 14.2 Å². The third kappa shape index (κ3) is 2.37. The standard InChI is InChI=1S/C20H22FNO2/c1-2-7-22-8-6-14-9-15(24-12-21)11-16-19(14)17(22)10-13-4-3-5-18(23)20(13)16/h3-5,9,11,17,23H,2,6-8,10,12H2,1H3/t17-/m1/s1. The third-order valence-electron chi connectivity index (χ3n) is 5.22. The van der Waals surface area contributed by atoms with Crippen molar-refractivity contribution in [1.82, 2.24) is 4.90 Å². The molecule has 0 aromatic heterocycles. The highest BCUT2D eigenvalue weighted by Crippen LogP contribution is 2.49. The van der Waals surface area contributed by atoms with Gasteiger partial charge in [-0.05, 0) is 66.3 Å². The Balaban J connectivity index is 1.93. The fourth-order valence-electron chi connectivity index (χ4n) is 4.30. The molecule has 4 rings (SSSR count). The van der Waals surface area contributed by atoms with Gasteiger partial charge in [0.25, 0.3) is 0 Å². The molecule has 0 unspecified atom stereocenters. The normalized spacial score (nSPS) is 18.8. The van der Waals surface area contributed by atoms with E-state index >= 15 is 0 Å². The van der Waals surface area contributed by atoms with E-state index in [-0.39, 0.29) is 5.75 Å². The molecule has 4 heteroatoms. The molecule has 1 aliphatic carbocycles. The van der Waals surface area contributed by atoms with E-state index in [1.165, 1.54) is 11.1 Å². The molecule has 0 saturated carbocycles. The van der Waals surface area contributed by atoms with Crippen molar-refractivity contribution in [2.24, 2.45) is 0 Å². The highest BCUT2D eigenvalue weighted by Gasteiger charge is 2.35. The Morgan fingerprint density at radius 3 is 2.96 bits per heavy atom. The molecule has 1 atom stereocenters. The Morgan fingerprint density at radius 1 is 1.29 bits per heavy atom. The van der Waals surface area contributed by atoms with E-state index in [0.717, 1.165) is 49.0 Å². The first-order chi connectivity index (χ1) is 11.7. The minimum absolute atomic E-state index is 0.290. The highest BCUT2D eigenvalue weighted by atomic mass is 19.1. The van der Waals surface area contributed by atoms with Crippen molar-refractivity contribution in [3.05, 3.63) is 47.0 Å². The fourth-order valence-corrected chi connectivity index (χ4v) is 4.30. The molecule has 2 aromatic rings. The van der Waals surface area contributed by atoms with Crippen LogP contribution in [0.25, 0.3) is 11.1 Å². The van der Waals surface area contributed by atoms with Crippen LogP contribution in [0.1, 0.15) is 36.1 Å². The van der Waals surface area contributed by atoms with Gasteiger partial charge in [0, 0.05) is 18.2 Å². The van der Waals surface area contributed by atoms with Gasteiger partial charge in [-0.2, -0.15) is 0 Å². The molecule has 2 aliphatic rings. The first kappa shape index (κ1) is 15.5. The van der Waals surface area contributed by atoms with Crippen LogP contribution in [-0.2, 0) is 12.8 Å². The quantitative estimate of drug-likeness (QED) is 0.912. The summed E-state index contributed by atoms with van der Waals surface area (Å²) in [6.07, 6.45) is 2.97. The second-order valence-corrected chi connectivity index (χ2v) is 6.61. The second-order valence-electron chi connectivity index (χ2n) is 6.61. The average Bonchev–Trinajstić information content (AvgIpc) is 2.57. The van der Waals surface area contributed by atoms with Crippen LogP contribution >= 0.6 is 0 Å². The molecule has 0 amide bonds. The Labute approximate surface area is 141 Å². The van der Waals surface area contributed by atoms with E-state index in [1.54, 1.807) is 6.07 Å². The number of phenols is 1. The number of rotatable bonds is 4. The van der Waals surface area contributed by atoms with E-state index in [1.807, 2.05) is 18.2 Å². The van der Waals surface area contributed by atoms with Crippen LogP contribution in [-0.4, -0.2) is 30.0 Å². The lowest BCUT2D eigenvalue weighted by Gasteiger charge is -2.42. The molecule has 3 nitrogen and oxygen atoms in total. The number of alkyl halides is 1. The lowest BCUT2D eigenvalue weighted by atomic mass is 9.76. The minimum Gasteiger partial charge on any atom is -0.507 e. The van der Waals surface area contributed by atoms with Crippen molar-refractivity contribution in [2.75, 3.05) is 20.0 Å². The molecule has 1 N–H and O–H groups in total. The topological polar surface area (TPSA) is 32.7 Å². The summed E-state index contributed by atoms with van der Waals surface area (Å²) in [6, 6.07) is 9.89. The number of halogens is 1. The van der Waals surface area contributed by atoms with E-state index in [4.69, 9.17) is 4.74 Å². The number of ether oxygens (including phenoxy) is 1. The van der Waals surface area contributed by atoms with Gasteiger partial charge in [-0.3, -0.25) is 4.90 Å². The fraction of sp³-hybridized carbons (Fsp3) is 0.400. The maximum Gasteiger partial charge on any atom is 0.228 e. The summed E-state index contributed by atoms with van der Waals surface area (Å²) in [4.78, 5) is 2.54. The Hall–Kier alpha value is -2.07. The Bertz CT molecular complexity index is 774. The summed E-state index contributed by atoms with van der Waals surface area (Å²) in [6.45, 7) is 3.45. The van der Waals surface area contributed by atoms with E-state index in [0.29, 0.717) is 11.8 Å². The van der Waals surface area contributed by atoms with E-state index in [2.05, 4.69) is 17.9 Å². The molecule has 0 bridgehead atoms. The van der Waals surface area contributed by atoms with Gasteiger partial charge in [-0.1, -0.05) is 19.1 Å². The summed E-state index contributed by atoms with van der Waals surface area (Å²) in [5, 5.41) is 10.4. The van der Waals surface area contributed by atoms with Gasteiger partial charge < -0.3 is 9.84 Å². The van der Waals surface area contributed by atoms with Crippen LogP contribution in [0, 0.1) is 0 Å². The van der Waals surface area contributed by atoms with Crippen LogP contribution in [0.15, 0.2) is 30.3 Å². The van der Waals surface area contributed by atoms with Gasteiger partial charge in [-0.15, -0.1) is 0 Å². The zero-order chi connectivity index (χ0) is 16.7. The van der Waals surface area contributed by atoms with Crippen molar-refractivity contribution in [3.63, 3.8) is 0 Å². The van der Waals surface area contributed by atoms with Gasteiger partial charge in [0.2, 0.25) is 6.86 Å². The molecular weight excluding hydrogens is 305 g/mol. The highest BCUT2D eigenvalue weighted by molar-refractivity contribution is 5.81. The van der Waals surface area contributed by atoms with Gasteiger partial charge in [0.15, 0.2) is 0 Å². The Morgan fingerprint density at radius 2 is 2.17 bits per heavy atom. The predicted molar refractivity (Wildman–Crippen MR) is 92.2 cm³/mol. The lowest BCUT2D eigenvalue weighted by Crippen LogP contribution is -2.38. The molecule has 1 heterocycles. The lowest BCUT2D eigenvalue weighted by molar-refractivity contribution is 0.179. The molecule has 126 valence electrons. The van der Waals surface area contributed by atoms with Crippen LogP contribution in [0.4, 0.5) is 4.39 Å². The molecule has 24 heavy (non-hydrogen) atoms. The van der Waals surface area contributed by atoms with Crippen molar-refractivity contribution in [3.8, 4) is 22.6 Å². The average molecular weight is 327 g/mol. The van der Waals surface area contributed by atoms with Gasteiger partial charge in [0.1, 0.15) is 11.5 Å². The predicted octanol–water partition coefficient (Wildman–Crippen LogP) is 4.23. The van der Waals surface area contributed by atoms with Crippen LogP contribution in [0.2, 0.25) is 0 Å². The van der Waals surface area contributed by atoms with Crippen LogP contribution < -0.4 is 4.74 Å². The molecule has 0 radical (unpaired) electrons. The first-order valence-electron chi connectivity index (χ1n) is 8.63. The summed E-state index contributed by atoms with van der Waals surface area (Å²) in [5.41, 5.74) is 5.55. The van der Waals surface area contributed by atoms with E-state index < -0.39 is 6.86 Å².